The SMILES string of the molecule is CC(=O)NCc1cnc(C)nc1C1CCCN1S(C)(=O)=O. The summed E-state index contributed by atoms with van der Waals surface area (Å²) in [7, 11) is -3.28. The third-order valence-corrected chi connectivity index (χ3v) is 4.78. The Hall–Kier alpha value is -1.54. The highest BCUT2D eigenvalue weighted by atomic mass is 32.2. The second kappa shape index (κ2) is 6.07. The number of amides is 1. The maximum Gasteiger partial charge on any atom is 0.217 e. The molecule has 1 aliphatic heterocycles. The Morgan fingerprint density at radius 3 is 2.86 bits per heavy atom. The number of aryl methyl sites for hydroxylation is 1. The van der Waals surface area contributed by atoms with Crippen molar-refractivity contribution in [2.75, 3.05) is 12.8 Å². The second-order valence-corrected chi connectivity index (χ2v) is 7.20. The Balaban J connectivity index is 2.37. The van der Waals surface area contributed by atoms with E-state index in [1.54, 1.807) is 13.1 Å². The number of hydrogen-bond acceptors (Lipinski definition) is 5. The number of carbonyl (C=O) groups is 1. The van der Waals surface area contributed by atoms with Gasteiger partial charge in [0.05, 0.1) is 18.0 Å². The van der Waals surface area contributed by atoms with Crippen LogP contribution in [0.1, 0.15) is 42.9 Å². The standard InChI is InChI=1S/C13H20N4O3S/c1-9-14-7-11(8-15-10(2)18)13(16-9)12-5-4-6-17(12)21(3,19)20/h7,12H,4-6,8H2,1-3H3,(H,15,18). The van der Waals surface area contributed by atoms with Gasteiger partial charge in [-0.1, -0.05) is 0 Å². The van der Waals surface area contributed by atoms with Crippen LogP contribution in [0.15, 0.2) is 6.20 Å². The normalized spacial score (nSPS) is 19.7. The highest BCUT2D eigenvalue weighted by molar-refractivity contribution is 7.88. The third-order valence-electron chi connectivity index (χ3n) is 3.49. The fourth-order valence-corrected chi connectivity index (χ4v) is 3.70. The van der Waals surface area contributed by atoms with Crippen LogP contribution in [0.2, 0.25) is 0 Å². The highest BCUT2D eigenvalue weighted by Gasteiger charge is 2.34. The molecule has 1 aliphatic rings. The smallest absolute Gasteiger partial charge is 0.217 e. The maximum atomic E-state index is 11.9. The number of hydrogen-bond donors (Lipinski definition) is 1. The number of nitrogens with zero attached hydrogens (tertiary/aromatic N) is 3. The molecule has 1 N–H and O–H groups in total. The molecule has 0 aromatic carbocycles. The Morgan fingerprint density at radius 1 is 1.52 bits per heavy atom. The number of carbonyl (C=O) groups excluding carboxylic acids is 1. The summed E-state index contributed by atoms with van der Waals surface area (Å²) in [6, 6.07) is -0.273. The Labute approximate surface area is 124 Å². The van der Waals surface area contributed by atoms with E-state index in [9.17, 15) is 13.2 Å². The van der Waals surface area contributed by atoms with Gasteiger partial charge < -0.3 is 5.32 Å². The van der Waals surface area contributed by atoms with E-state index in [0.717, 1.165) is 18.4 Å². The van der Waals surface area contributed by atoms with Crippen molar-refractivity contribution in [2.45, 2.75) is 39.3 Å². The van der Waals surface area contributed by atoms with Crippen molar-refractivity contribution in [3.05, 3.63) is 23.3 Å². The van der Waals surface area contributed by atoms with Crippen molar-refractivity contribution in [1.29, 1.82) is 0 Å². The number of rotatable bonds is 4. The first-order valence-corrected chi connectivity index (χ1v) is 8.67. The van der Waals surface area contributed by atoms with Crippen LogP contribution >= 0.6 is 0 Å². The minimum absolute atomic E-state index is 0.145. The van der Waals surface area contributed by atoms with Gasteiger partial charge in [0.1, 0.15) is 5.82 Å². The molecule has 1 aromatic heterocycles. The first kappa shape index (κ1) is 15.8. The maximum absolute atomic E-state index is 11.9. The summed E-state index contributed by atoms with van der Waals surface area (Å²) >= 11 is 0. The van der Waals surface area contributed by atoms with Gasteiger partial charge in [-0.2, -0.15) is 4.31 Å². The van der Waals surface area contributed by atoms with Crippen molar-refractivity contribution in [3.63, 3.8) is 0 Å². The molecule has 1 fully saturated rings. The minimum Gasteiger partial charge on any atom is -0.352 e. The summed E-state index contributed by atoms with van der Waals surface area (Å²) in [6.45, 7) is 4.02. The fraction of sp³-hybridized carbons (Fsp3) is 0.615. The lowest BCUT2D eigenvalue weighted by Crippen LogP contribution is -2.31. The zero-order chi connectivity index (χ0) is 15.6. The predicted molar refractivity (Wildman–Crippen MR) is 77.8 cm³/mol. The third kappa shape index (κ3) is 3.76. The van der Waals surface area contributed by atoms with E-state index in [0.29, 0.717) is 24.6 Å². The topological polar surface area (TPSA) is 92.3 Å². The summed E-state index contributed by atoms with van der Waals surface area (Å²) in [5.74, 6) is 0.449. The average molecular weight is 312 g/mol. The lowest BCUT2D eigenvalue weighted by atomic mass is 10.1. The molecule has 1 amide bonds. The molecule has 0 spiro atoms. The van der Waals surface area contributed by atoms with Crippen LogP contribution in [-0.4, -0.2) is 41.4 Å². The van der Waals surface area contributed by atoms with E-state index in [1.807, 2.05) is 0 Å². The summed E-state index contributed by atoms with van der Waals surface area (Å²) < 4.78 is 25.3. The van der Waals surface area contributed by atoms with E-state index in [4.69, 9.17) is 0 Å². The van der Waals surface area contributed by atoms with Gasteiger partial charge in [0.15, 0.2) is 0 Å². The molecule has 0 saturated carbocycles. The summed E-state index contributed by atoms with van der Waals surface area (Å²) in [6.07, 6.45) is 4.41. The molecular weight excluding hydrogens is 292 g/mol. The summed E-state index contributed by atoms with van der Waals surface area (Å²) in [4.78, 5) is 19.7. The molecule has 0 aliphatic carbocycles. The van der Waals surface area contributed by atoms with Gasteiger partial charge in [-0.05, 0) is 19.8 Å². The van der Waals surface area contributed by atoms with Crippen LogP contribution in [0, 0.1) is 6.92 Å². The van der Waals surface area contributed by atoms with Crippen LogP contribution in [0.5, 0.6) is 0 Å². The molecule has 8 heteroatoms. The molecule has 116 valence electrons. The molecular formula is C13H20N4O3S. The van der Waals surface area contributed by atoms with Crippen molar-refractivity contribution < 1.29 is 13.2 Å². The lowest BCUT2D eigenvalue weighted by molar-refractivity contribution is -0.119. The molecule has 1 atom stereocenters. The van der Waals surface area contributed by atoms with Gasteiger partial charge in [0.25, 0.3) is 0 Å². The molecule has 1 saturated heterocycles. The van der Waals surface area contributed by atoms with E-state index in [-0.39, 0.29) is 11.9 Å². The Bertz CT molecular complexity index is 645. The van der Waals surface area contributed by atoms with Crippen LogP contribution in [-0.2, 0) is 21.4 Å². The van der Waals surface area contributed by atoms with Crippen molar-refractivity contribution >= 4 is 15.9 Å². The monoisotopic (exact) mass is 312 g/mol. The zero-order valence-corrected chi connectivity index (χ0v) is 13.3. The van der Waals surface area contributed by atoms with Gasteiger partial charge in [0.2, 0.25) is 15.9 Å². The summed E-state index contributed by atoms with van der Waals surface area (Å²) in [5.41, 5.74) is 1.45. The molecule has 7 nitrogen and oxygen atoms in total. The number of aromatic nitrogens is 2. The van der Waals surface area contributed by atoms with Gasteiger partial charge in [-0.15, -0.1) is 0 Å². The number of sulfonamides is 1. The Kier molecular flexibility index (Phi) is 4.58. The Morgan fingerprint density at radius 2 is 2.24 bits per heavy atom. The zero-order valence-electron chi connectivity index (χ0n) is 12.5. The second-order valence-electron chi connectivity index (χ2n) is 5.27. The largest absolute Gasteiger partial charge is 0.352 e. The number of nitrogens with one attached hydrogen (secondary N) is 1. The fourth-order valence-electron chi connectivity index (χ4n) is 2.57. The highest BCUT2D eigenvalue weighted by Crippen LogP contribution is 2.34. The molecule has 1 unspecified atom stereocenters. The van der Waals surface area contributed by atoms with E-state index < -0.39 is 10.0 Å². The van der Waals surface area contributed by atoms with Gasteiger partial charge >= 0.3 is 0 Å². The van der Waals surface area contributed by atoms with Crippen LogP contribution < -0.4 is 5.32 Å². The summed E-state index contributed by atoms with van der Waals surface area (Å²) in [5, 5.41) is 2.71. The van der Waals surface area contributed by atoms with Gasteiger partial charge in [-0.25, -0.2) is 18.4 Å². The van der Waals surface area contributed by atoms with Crippen molar-refractivity contribution in [3.8, 4) is 0 Å². The molecule has 1 aromatic rings. The quantitative estimate of drug-likeness (QED) is 0.875. The predicted octanol–water partition coefficient (Wildman–Crippen LogP) is 0.518. The molecule has 21 heavy (non-hydrogen) atoms. The molecule has 0 radical (unpaired) electrons. The molecule has 0 bridgehead atoms. The van der Waals surface area contributed by atoms with E-state index >= 15 is 0 Å². The van der Waals surface area contributed by atoms with Crippen LogP contribution in [0.25, 0.3) is 0 Å². The first-order valence-electron chi connectivity index (χ1n) is 6.82. The first-order chi connectivity index (χ1) is 9.79. The van der Waals surface area contributed by atoms with Crippen LogP contribution in [0.4, 0.5) is 0 Å². The molecule has 2 rings (SSSR count). The average Bonchev–Trinajstić information content (AvgIpc) is 2.86. The lowest BCUT2D eigenvalue weighted by Gasteiger charge is -2.23. The van der Waals surface area contributed by atoms with Crippen LogP contribution in [0.3, 0.4) is 0 Å². The van der Waals surface area contributed by atoms with Gasteiger partial charge in [0, 0.05) is 31.8 Å². The van der Waals surface area contributed by atoms with Crippen molar-refractivity contribution in [1.82, 2.24) is 19.6 Å². The van der Waals surface area contributed by atoms with Gasteiger partial charge in [-0.3, -0.25) is 4.79 Å². The minimum atomic E-state index is -3.28. The van der Waals surface area contributed by atoms with Crippen molar-refractivity contribution in [2.24, 2.45) is 0 Å². The van der Waals surface area contributed by atoms with E-state index in [1.165, 1.54) is 17.5 Å². The van der Waals surface area contributed by atoms with E-state index in [2.05, 4.69) is 15.3 Å². The molecule has 2 heterocycles.